The highest BCUT2D eigenvalue weighted by atomic mass is 79.9. The van der Waals surface area contributed by atoms with Crippen LogP contribution in [0.2, 0.25) is 5.02 Å². The molecular formula is C13H8Br2ClN3. The lowest BCUT2D eigenvalue weighted by molar-refractivity contribution is 0.932. The van der Waals surface area contributed by atoms with Gasteiger partial charge in [-0.1, -0.05) is 11.6 Å². The maximum absolute atomic E-state index is 9.23. The van der Waals surface area contributed by atoms with Crippen molar-refractivity contribution in [1.82, 2.24) is 4.98 Å². The van der Waals surface area contributed by atoms with Gasteiger partial charge in [0.2, 0.25) is 0 Å². The zero-order valence-electron chi connectivity index (χ0n) is 9.57. The summed E-state index contributed by atoms with van der Waals surface area (Å²) >= 11 is 12.6. The largest absolute Gasteiger partial charge is 0.365 e. The third-order valence-electron chi connectivity index (χ3n) is 2.41. The Kier molecular flexibility index (Phi) is 4.81. The molecule has 2 aromatic rings. The zero-order valence-corrected chi connectivity index (χ0v) is 13.5. The van der Waals surface area contributed by atoms with Gasteiger partial charge in [-0.25, -0.2) is 0 Å². The normalized spacial score (nSPS) is 11.7. The standard InChI is InChI=1S/C13H8Br2ClN3/c14-8-1-4-12(18-7-8)13(6-17)19-9-2-3-11(16)10(15)5-9/h1-5,7,13,19H. The summed E-state index contributed by atoms with van der Waals surface area (Å²) in [4.78, 5) is 4.22. The van der Waals surface area contributed by atoms with Gasteiger partial charge in [-0.3, -0.25) is 4.98 Å². The molecule has 0 bridgehead atoms. The molecule has 0 amide bonds. The van der Waals surface area contributed by atoms with Crippen LogP contribution in [0.15, 0.2) is 45.5 Å². The molecule has 1 N–H and O–H groups in total. The predicted molar refractivity (Wildman–Crippen MR) is 83.1 cm³/mol. The number of nitrogens with one attached hydrogen (secondary N) is 1. The van der Waals surface area contributed by atoms with Gasteiger partial charge in [-0.2, -0.15) is 5.26 Å². The van der Waals surface area contributed by atoms with Gasteiger partial charge in [0, 0.05) is 20.8 Å². The quantitative estimate of drug-likeness (QED) is 0.793. The second-order valence-corrected chi connectivity index (χ2v) is 5.91. The molecule has 1 atom stereocenters. The van der Waals surface area contributed by atoms with E-state index in [0.717, 1.165) is 14.6 Å². The highest BCUT2D eigenvalue weighted by Crippen LogP contribution is 2.27. The molecule has 0 saturated carbocycles. The van der Waals surface area contributed by atoms with Crippen molar-refractivity contribution in [1.29, 1.82) is 5.26 Å². The lowest BCUT2D eigenvalue weighted by Crippen LogP contribution is -2.10. The first-order valence-electron chi connectivity index (χ1n) is 5.33. The Hall–Kier alpha value is -1.09. The number of aromatic nitrogens is 1. The van der Waals surface area contributed by atoms with E-state index >= 15 is 0 Å². The SMILES string of the molecule is N#CC(Nc1ccc(Cl)c(Br)c1)c1ccc(Br)cn1. The number of benzene rings is 1. The molecule has 3 nitrogen and oxygen atoms in total. The van der Waals surface area contributed by atoms with Gasteiger partial charge in [-0.05, 0) is 62.2 Å². The molecule has 0 fully saturated rings. The molecule has 0 saturated heterocycles. The maximum atomic E-state index is 9.23. The lowest BCUT2D eigenvalue weighted by Gasteiger charge is -2.13. The summed E-state index contributed by atoms with van der Waals surface area (Å²) < 4.78 is 1.65. The van der Waals surface area contributed by atoms with Crippen LogP contribution in [0, 0.1) is 11.3 Å². The number of hydrogen-bond donors (Lipinski definition) is 1. The molecule has 0 aliphatic heterocycles. The number of nitriles is 1. The van der Waals surface area contributed by atoms with Gasteiger partial charge in [0.1, 0.15) is 0 Å². The molecule has 1 unspecified atom stereocenters. The van der Waals surface area contributed by atoms with Crippen molar-refractivity contribution in [3.8, 4) is 6.07 Å². The molecule has 1 heterocycles. The van der Waals surface area contributed by atoms with Gasteiger partial charge in [0.05, 0.1) is 16.8 Å². The van der Waals surface area contributed by atoms with E-state index in [-0.39, 0.29) is 0 Å². The summed E-state index contributed by atoms with van der Waals surface area (Å²) in [6.07, 6.45) is 1.67. The number of hydrogen-bond acceptors (Lipinski definition) is 3. The number of rotatable bonds is 3. The van der Waals surface area contributed by atoms with Crippen molar-refractivity contribution in [2.75, 3.05) is 5.32 Å². The molecule has 6 heteroatoms. The third-order valence-corrected chi connectivity index (χ3v) is 4.09. The predicted octanol–water partition coefficient (Wildman–Crippen LogP) is 4.94. The van der Waals surface area contributed by atoms with Crippen molar-refractivity contribution >= 4 is 49.1 Å². The van der Waals surface area contributed by atoms with Crippen LogP contribution in [-0.4, -0.2) is 4.98 Å². The minimum absolute atomic E-state index is 0.513. The van der Waals surface area contributed by atoms with Crippen LogP contribution in [-0.2, 0) is 0 Å². The van der Waals surface area contributed by atoms with E-state index in [1.807, 2.05) is 18.2 Å². The minimum atomic E-state index is -0.513. The number of pyridine rings is 1. The highest BCUT2D eigenvalue weighted by Gasteiger charge is 2.12. The van der Waals surface area contributed by atoms with Gasteiger partial charge in [0.25, 0.3) is 0 Å². The molecule has 2 rings (SSSR count). The third kappa shape index (κ3) is 3.69. The molecule has 1 aromatic carbocycles. The molecule has 96 valence electrons. The minimum Gasteiger partial charge on any atom is -0.365 e. The van der Waals surface area contributed by atoms with Gasteiger partial charge < -0.3 is 5.32 Å². The van der Waals surface area contributed by atoms with Crippen molar-refractivity contribution in [2.45, 2.75) is 6.04 Å². The lowest BCUT2D eigenvalue weighted by atomic mass is 10.2. The molecule has 1 aromatic heterocycles. The van der Waals surface area contributed by atoms with E-state index in [2.05, 4.69) is 48.2 Å². The van der Waals surface area contributed by atoms with E-state index in [4.69, 9.17) is 11.6 Å². The maximum Gasteiger partial charge on any atom is 0.157 e. The fourth-order valence-corrected chi connectivity index (χ4v) is 2.21. The molecule has 0 aliphatic rings. The van der Waals surface area contributed by atoms with E-state index in [0.29, 0.717) is 10.7 Å². The number of nitrogens with zero attached hydrogens (tertiary/aromatic N) is 2. The molecule has 0 spiro atoms. The Bertz CT molecular complexity index is 623. The smallest absolute Gasteiger partial charge is 0.157 e. The fraction of sp³-hybridized carbons (Fsp3) is 0.0769. The zero-order chi connectivity index (χ0) is 13.8. The summed E-state index contributed by atoms with van der Waals surface area (Å²) in [6.45, 7) is 0. The average molecular weight is 401 g/mol. The second-order valence-electron chi connectivity index (χ2n) is 3.74. The van der Waals surface area contributed by atoms with Crippen LogP contribution in [0.4, 0.5) is 5.69 Å². The van der Waals surface area contributed by atoms with E-state index < -0.39 is 6.04 Å². The Balaban J connectivity index is 2.22. The van der Waals surface area contributed by atoms with Crippen LogP contribution in [0.5, 0.6) is 0 Å². The van der Waals surface area contributed by atoms with Crippen molar-refractivity contribution < 1.29 is 0 Å². The number of anilines is 1. The monoisotopic (exact) mass is 399 g/mol. The van der Waals surface area contributed by atoms with Crippen LogP contribution in [0.3, 0.4) is 0 Å². The Morgan fingerprint density at radius 2 is 2.05 bits per heavy atom. The Labute approximate surface area is 132 Å². The van der Waals surface area contributed by atoms with E-state index in [1.54, 1.807) is 18.3 Å². The fourth-order valence-electron chi connectivity index (χ4n) is 1.48. The summed E-state index contributed by atoms with van der Waals surface area (Å²) in [5.74, 6) is 0. The summed E-state index contributed by atoms with van der Waals surface area (Å²) in [7, 11) is 0. The first-order valence-corrected chi connectivity index (χ1v) is 7.29. The van der Waals surface area contributed by atoms with Crippen LogP contribution in [0.25, 0.3) is 0 Å². The number of halogens is 3. The van der Waals surface area contributed by atoms with Gasteiger partial charge in [0.15, 0.2) is 6.04 Å². The molecule has 19 heavy (non-hydrogen) atoms. The Morgan fingerprint density at radius 3 is 2.63 bits per heavy atom. The highest BCUT2D eigenvalue weighted by molar-refractivity contribution is 9.10. The van der Waals surface area contributed by atoms with E-state index in [1.165, 1.54) is 0 Å². The second kappa shape index (κ2) is 6.38. The van der Waals surface area contributed by atoms with Crippen LogP contribution >= 0.6 is 43.5 Å². The van der Waals surface area contributed by atoms with Crippen molar-refractivity contribution in [3.05, 3.63) is 56.2 Å². The molecular weight excluding hydrogens is 393 g/mol. The first-order chi connectivity index (χ1) is 9.10. The first kappa shape index (κ1) is 14.3. The average Bonchev–Trinajstić information content (AvgIpc) is 2.41. The van der Waals surface area contributed by atoms with Gasteiger partial charge in [-0.15, -0.1) is 0 Å². The van der Waals surface area contributed by atoms with Gasteiger partial charge >= 0.3 is 0 Å². The van der Waals surface area contributed by atoms with Crippen LogP contribution in [0.1, 0.15) is 11.7 Å². The Morgan fingerprint density at radius 1 is 1.26 bits per heavy atom. The molecule has 0 aliphatic carbocycles. The van der Waals surface area contributed by atoms with E-state index in [9.17, 15) is 5.26 Å². The summed E-state index contributed by atoms with van der Waals surface area (Å²) in [6, 6.07) is 10.7. The molecule has 0 radical (unpaired) electrons. The topological polar surface area (TPSA) is 48.7 Å². The van der Waals surface area contributed by atoms with Crippen molar-refractivity contribution in [2.24, 2.45) is 0 Å². The van der Waals surface area contributed by atoms with Crippen LogP contribution < -0.4 is 5.32 Å². The summed E-state index contributed by atoms with van der Waals surface area (Å²) in [5, 5.41) is 13.0. The summed E-state index contributed by atoms with van der Waals surface area (Å²) in [5.41, 5.74) is 1.46. The van der Waals surface area contributed by atoms with Crippen molar-refractivity contribution in [3.63, 3.8) is 0 Å².